The predicted octanol–water partition coefficient (Wildman–Crippen LogP) is 3.28. The first-order valence-electron chi connectivity index (χ1n) is 4.80. The Kier molecular flexibility index (Phi) is 3.88. The van der Waals surface area contributed by atoms with Crippen molar-refractivity contribution < 1.29 is 9.18 Å². The van der Waals surface area contributed by atoms with E-state index in [2.05, 4.69) is 31.2 Å². The number of nitrogens with zero attached hydrogens (tertiary/aromatic N) is 2. The summed E-state index contributed by atoms with van der Waals surface area (Å²) < 4.78 is 13.6. The van der Waals surface area contributed by atoms with Gasteiger partial charge in [0.15, 0.2) is 0 Å². The van der Waals surface area contributed by atoms with E-state index in [1.807, 2.05) is 0 Å². The van der Waals surface area contributed by atoms with Crippen LogP contribution in [0.4, 0.5) is 10.1 Å². The molecule has 0 radical (unpaired) electrons. The van der Waals surface area contributed by atoms with Gasteiger partial charge in [-0.1, -0.05) is 11.6 Å². The van der Waals surface area contributed by atoms with E-state index in [1.54, 1.807) is 0 Å². The number of halogens is 3. The third kappa shape index (κ3) is 3.02. The lowest BCUT2D eigenvalue weighted by Crippen LogP contribution is -2.14. The van der Waals surface area contributed by atoms with E-state index >= 15 is 0 Å². The van der Waals surface area contributed by atoms with Gasteiger partial charge in [-0.3, -0.25) is 9.78 Å². The largest absolute Gasteiger partial charge is 0.319 e. The van der Waals surface area contributed by atoms with Crippen molar-refractivity contribution in [3.8, 4) is 0 Å². The summed E-state index contributed by atoms with van der Waals surface area (Å²) in [6.45, 7) is 0. The molecule has 2 aromatic rings. The zero-order chi connectivity index (χ0) is 13.1. The SMILES string of the molecule is O=C(Nc1cc(F)ccc1Br)c1cncc(Cl)n1. The number of hydrogen-bond donors (Lipinski definition) is 1. The maximum Gasteiger partial charge on any atom is 0.275 e. The highest BCUT2D eigenvalue weighted by atomic mass is 79.9. The van der Waals surface area contributed by atoms with Gasteiger partial charge >= 0.3 is 0 Å². The van der Waals surface area contributed by atoms with Crippen LogP contribution in [0.25, 0.3) is 0 Å². The number of anilines is 1. The van der Waals surface area contributed by atoms with Crippen LogP contribution in [0, 0.1) is 5.82 Å². The maximum absolute atomic E-state index is 13.0. The highest BCUT2D eigenvalue weighted by molar-refractivity contribution is 9.10. The number of nitrogens with one attached hydrogen (secondary N) is 1. The highest BCUT2D eigenvalue weighted by Crippen LogP contribution is 2.23. The van der Waals surface area contributed by atoms with Gasteiger partial charge in [-0.05, 0) is 34.1 Å². The molecule has 0 saturated carbocycles. The molecule has 4 nitrogen and oxygen atoms in total. The molecule has 0 saturated heterocycles. The van der Waals surface area contributed by atoms with Gasteiger partial charge in [0.25, 0.3) is 5.91 Å². The fraction of sp³-hybridized carbons (Fsp3) is 0. The lowest BCUT2D eigenvalue weighted by Gasteiger charge is -2.06. The second-order valence-electron chi connectivity index (χ2n) is 3.31. The lowest BCUT2D eigenvalue weighted by atomic mass is 10.3. The van der Waals surface area contributed by atoms with Crippen LogP contribution in [0.3, 0.4) is 0 Å². The van der Waals surface area contributed by atoms with Crippen molar-refractivity contribution >= 4 is 39.1 Å². The van der Waals surface area contributed by atoms with E-state index < -0.39 is 11.7 Å². The molecule has 0 bridgehead atoms. The van der Waals surface area contributed by atoms with Crippen molar-refractivity contribution in [1.29, 1.82) is 0 Å². The zero-order valence-corrected chi connectivity index (χ0v) is 11.2. The smallest absolute Gasteiger partial charge is 0.275 e. The van der Waals surface area contributed by atoms with E-state index in [1.165, 1.54) is 30.6 Å². The Balaban J connectivity index is 2.24. The number of carbonyl (C=O) groups excluding carboxylic acids is 1. The fourth-order valence-electron chi connectivity index (χ4n) is 1.23. The topological polar surface area (TPSA) is 54.9 Å². The van der Waals surface area contributed by atoms with Gasteiger partial charge in [0, 0.05) is 4.47 Å². The van der Waals surface area contributed by atoms with Crippen LogP contribution in [-0.4, -0.2) is 15.9 Å². The van der Waals surface area contributed by atoms with E-state index in [9.17, 15) is 9.18 Å². The molecule has 1 aromatic heterocycles. The van der Waals surface area contributed by atoms with E-state index in [-0.39, 0.29) is 10.8 Å². The summed E-state index contributed by atoms with van der Waals surface area (Å²) in [4.78, 5) is 19.4. The summed E-state index contributed by atoms with van der Waals surface area (Å²) in [5.41, 5.74) is 0.362. The Bertz CT molecular complexity index is 609. The monoisotopic (exact) mass is 329 g/mol. The fourth-order valence-corrected chi connectivity index (χ4v) is 1.72. The molecule has 0 aliphatic heterocycles. The molecule has 0 spiro atoms. The number of carbonyl (C=O) groups is 1. The van der Waals surface area contributed by atoms with Gasteiger partial charge in [0.1, 0.15) is 16.7 Å². The van der Waals surface area contributed by atoms with Crippen molar-refractivity contribution in [2.45, 2.75) is 0 Å². The minimum atomic E-state index is -0.517. The number of hydrogen-bond acceptors (Lipinski definition) is 3. The predicted molar refractivity (Wildman–Crippen MR) is 69.1 cm³/mol. The molecule has 1 N–H and O–H groups in total. The normalized spacial score (nSPS) is 10.2. The molecule has 1 aromatic carbocycles. The standard InChI is InChI=1S/C11H6BrClFN3O/c12-7-2-1-6(14)3-8(7)17-11(18)9-4-15-5-10(13)16-9/h1-5H,(H,17,18). The average Bonchev–Trinajstić information content (AvgIpc) is 2.34. The molecule has 1 heterocycles. The summed E-state index contributed by atoms with van der Waals surface area (Å²) in [5.74, 6) is -0.970. The van der Waals surface area contributed by atoms with Crippen molar-refractivity contribution in [2.75, 3.05) is 5.32 Å². The van der Waals surface area contributed by atoms with Crippen LogP contribution >= 0.6 is 27.5 Å². The highest BCUT2D eigenvalue weighted by Gasteiger charge is 2.11. The summed E-state index contributed by atoms with van der Waals surface area (Å²) >= 11 is 8.83. The Morgan fingerprint density at radius 1 is 1.39 bits per heavy atom. The third-order valence-electron chi connectivity index (χ3n) is 2.01. The number of benzene rings is 1. The van der Waals surface area contributed by atoms with Gasteiger partial charge in [0.05, 0.1) is 18.1 Å². The quantitative estimate of drug-likeness (QED) is 0.919. The molecule has 0 unspecified atom stereocenters. The van der Waals surface area contributed by atoms with E-state index in [4.69, 9.17) is 11.6 Å². The van der Waals surface area contributed by atoms with Crippen molar-refractivity contribution in [2.24, 2.45) is 0 Å². The number of aromatic nitrogens is 2. The van der Waals surface area contributed by atoms with Crippen LogP contribution in [0.2, 0.25) is 5.15 Å². The summed E-state index contributed by atoms with van der Waals surface area (Å²) in [7, 11) is 0. The van der Waals surface area contributed by atoms with Crippen molar-refractivity contribution in [3.63, 3.8) is 0 Å². The number of amides is 1. The second-order valence-corrected chi connectivity index (χ2v) is 4.55. The first-order valence-corrected chi connectivity index (χ1v) is 5.97. The first kappa shape index (κ1) is 12.9. The van der Waals surface area contributed by atoms with Gasteiger partial charge in [0.2, 0.25) is 0 Å². The maximum atomic E-state index is 13.0. The molecule has 0 atom stereocenters. The summed E-state index contributed by atoms with van der Waals surface area (Å²) in [5, 5.41) is 2.62. The van der Waals surface area contributed by atoms with Crippen molar-refractivity contribution in [1.82, 2.24) is 9.97 Å². The molecule has 1 amide bonds. The first-order chi connectivity index (χ1) is 8.56. The molecular weight excluding hydrogens is 324 g/mol. The van der Waals surface area contributed by atoms with Gasteiger partial charge in [-0.15, -0.1) is 0 Å². The van der Waals surface area contributed by atoms with Crippen LogP contribution in [0.15, 0.2) is 35.1 Å². The molecule has 2 rings (SSSR count). The average molecular weight is 331 g/mol. The molecule has 18 heavy (non-hydrogen) atoms. The zero-order valence-electron chi connectivity index (χ0n) is 8.82. The minimum absolute atomic E-state index is 0.0543. The number of rotatable bonds is 2. The van der Waals surface area contributed by atoms with E-state index in [0.717, 1.165) is 0 Å². The Hall–Kier alpha value is -1.53. The molecule has 92 valence electrons. The van der Waals surface area contributed by atoms with Gasteiger partial charge in [-0.25, -0.2) is 9.37 Å². The second kappa shape index (κ2) is 5.41. The van der Waals surface area contributed by atoms with Crippen LogP contribution in [0.1, 0.15) is 10.5 Å². The van der Waals surface area contributed by atoms with E-state index in [0.29, 0.717) is 10.2 Å². The van der Waals surface area contributed by atoms with Crippen LogP contribution in [-0.2, 0) is 0 Å². The molecule has 7 heteroatoms. The van der Waals surface area contributed by atoms with Gasteiger partial charge in [-0.2, -0.15) is 0 Å². The Morgan fingerprint density at radius 3 is 2.89 bits per heavy atom. The molecule has 0 aliphatic carbocycles. The van der Waals surface area contributed by atoms with Gasteiger partial charge < -0.3 is 5.32 Å². The lowest BCUT2D eigenvalue weighted by molar-refractivity contribution is 0.102. The molecule has 0 fully saturated rings. The molecular formula is C11H6BrClFN3O. The Labute approximate surface area is 115 Å². The minimum Gasteiger partial charge on any atom is -0.319 e. The molecule has 0 aliphatic rings. The third-order valence-corrected chi connectivity index (χ3v) is 2.89. The van der Waals surface area contributed by atoms with Crippen molar-refractivity contribution in [3.05, 3.63) is 51.7 Å². The van der Waals surface area contributed by atoms with Crippen LogP contribution < -0.4 is 5.32 Å². The summed E-state index contributed by atoms with van der Waals surface area (Å²) in [6, 6.07) is 3.97. The Morgan fingerprint density at radius 2 is 2.17 bits per heavy atom. The van der Waals surface area contributed by atoms with Crippen LogP contribution in [0.5, 0.6) is 0 Å². The summed E-state index contributed by atoms with van der Waals surface area (Å²) in [6.07, 6.45) is 2.59.